The van der Waals surface area contributed by atoms with Crippen LogP contribution in [-0.4, -0.2) is 86.3 Å². The minimum atomic E-state index is -4.52. The summed E-state index contributed by atoms with van der Waals surface area (Å²) >= 11 is 0. The number of aliphatic hydroxyl groups is 1. The number of rotatable bonds is 8. The second-order valence-electron chi connectivity index (χ2n) is 13.3. The molecule has 1 heterocycles. The van der Waals surface area contributed by atoms with Crippen molar-refractivity contribution in [2.24, 2.45) is 5.92 Å². The molecule has 0 saturated heterocycles. The number of anilines is 2. The summed E-state index contributed by atoms with van der Waals surface area (Å²) in [5, 5.41) is 15.3. The van der Waals surface area contributed by atoms with Crippen molar-refractivity contribution >= 4 is 33.3 Å². The molecule has 4 rings (SSSR count). The summed E-state index contributed by atoms with van der Waals surface area (Å²) in [5.41, 5.74) is 0.523. The van der Waals surface area contributed by atoms with Gasteiger partial charge >= 0.3 is 12.2 Å². The van der Waals surface area contributed by atoms with E-state index in [-0.39, 0.29) is 53.4 Å². The van der Waals surface area contributed by atoms with Crippen LogP contribution in [0.3, 0.4) is 0 Å². The Morgan fingerprint density at radius 2 is 1.65 bits per heavy atom. The molecule has 284 valence electrons. The number of urea groups is 1. The molecule has 0 bridgehead atoms. The van der Waals surface area contributed by atoms with Crippen molar-refractivity contribution in [2.75, 3.05) is 44.0 Å². The van der Waals surface area contributed by atoms with Crippen LogP contribution in [0.1, 0.15) is 61.5 Å². The molecule has 0 fully saturated rings. The first-order valence-electron chi connectivity index (χ1n) is 17.1. The van der Waals surface area contributed by atoms with Gasteiger partial charge in [0.05, 0.1) is 40.9 Å². The molecule has 3 N–H and O–H groups in total. The topological polar surface area (TPSA) is 138 Å². The number of amides is 3. The molecular formula is C37H47F3N4O7S. The summed E-state index contributed by atoms with van der Waals surface area (Å²) in [6.45, 7) is 7.38. The maximum Gasteiger partial charge on any atom is 0.416 e. The standard InChI is InChI=1S/C37H47F3N4O7S/c1-24-9-16-31(17-10-24)52(48,49)43(5)22-34-25(2)21-44(26(3)23-45)35(46)32-20-30(15-18-33(32)51-27(4)8-6-7-19-50-34)42-36(47)41-29-13-11-28(12-14-29)37(38,39)40/h9-18,20,25-27,34,45H,6-8,19,21-23H2,1-5H3,(H2,41,42,47)/t25-,26+,27-,34+/m0/s1. The molecule has 11 nitrogen and oxygen atoms in total. The maximum atomic E-state index is 14.4. The zero-order valence-corrected chi connectivity index (χ0v) is 30.8. The molecule has 52 heavy (non-hydrogen) atoms. The van der Waals surface area contributed by atoms with Crippen molar-refractivity contribution in [1.29, 1.82) is 0 Å². The molecule has 0 unspecified atom stereocenters. The van der Waals surface area contributed by atoms with Crippen LogP contribution in [0, 0.1) is 12.8 Å². The van der Waals surface area contributed by atoms with E-state index < -0.39 is 51.8 Å². The number of halogens is 3. The Morgan fingerprint density at radius 3 is 2.29 bits per heavy atom. The van der Waals surface area contributed by atoms with Crippen LogP contribution in [0.25, 0.3) is 0 Å². The zero-order chi connectivity index (χ0) is 38.2. The van der Waals surface area contributed by atoms with Crippen molar-refractivity contribution < 1.29 is 45.8 Å². The number of hydrogen-bond donors (Lipinski definition) is 3. The number of nitrogens with one attached hydrogen (secondary N) is 2. The van der Waals surface area contributed by atoms with E-state index in [0.29, 0.717) is 19.4 Å². The van der Waals surface area contributed by atoms with Crippen LogP contribution >= 0.6 is 0 Å². The number of fused-ring (bicyclic) bond motifs is 1. The lowest BCUT2D eigenvalue weighted by Crippen LogP contribution is -2.48. The Morgan fingerprint density at radius 1 is 1.02 bits per heavy atom. The number of carbonyl (C=O) groups is 2. The molecule has 3 aromatic rings. The van der Waals surface area contributed by atoms with Gasteiger partial charge in [0.25, 0.3) is 5.91 Å². The lowest BCUT2D eigenvalue weighted by atomic mass is 10.0. The van der Waals surface area contributed by atoms with E-state index in [1.54, 1.807) is 43.3 Å². The van der Waals surface area contributed by atoms with E-state index in [1.165, 1.54) is 22.3 Å². The Bertz CT molecular complexity index is 1770. The predicted molar refractivity (Wildman–Crippen MR) is 192 cm³/mol. The first-order valence-corrected chi connectivity index (χ1v) is 18.6. The van der Waals surface area contributed by atoms with Gasteiger partial charge in [0.1, 0.15) is 5.75 Å². The van der Waals surface area contributed by atoms with Crippen LogP contribution in [0.5, 0.6) is 5.75 Å². The third-order valence-corrected chi connectivity index (χ3v) is 10.8. The number of ether oxygens (including phenoxy) is 2. The average molecular weight is 749 g/mol. The van der Waals surface area contributed by atoms with Gasteiger partial charge in [-0.3, -0.25) is 4.79 Å². The molecule has 0 spiro atoms. The van der Waals surface area contributed by atoms with Gasteiger partial charge in [-0.1, -0.05) is 24.6 Å². The molecule has 15 heteroatoms. The molecule has 1 aliphatic rings. The molecule has 3 amide bonds. The number of nitrogens with zero attached hydrogens (tertiary/aromatic N) is 2. The highest BCUT2D eigenvalue weighted by Crippen LogP contribution is 2.31. The molecule has 0 radical (unpaired) electrons. The normalized spacial score (nSPS) is 20.0. The quantitative estimate of drug-likeness (QED) is 0.231. The van der Waals surface area contributed by atoms with Gasteiger partial charge in [-0.2, -0.15) is 17.5 Å². The number of aliphatic hydroxyl groups excluding tert-OH is 1. The van der Waals surface area contributed by atoms with Crippen LogP contribution in [-0.2, 0) is 20.9 Å². The predicted octanol–water partition coefficient (Wildman–Crippen LogP) is 6.77. The maximum absolute atomic E-state index is 14.4. The number of alkyl halides is 3. The van der Waals surface area contributed by atoms with Crippen molar-refractivity contribution in [2.45, 2.75) is 76.3 Å². The van der Waals surface area contributed by atoms with Crippen LogP contribution in [0.4, 0.5) is 29.3 Å². The lowest BCUT2D eigenvalue weighted by Gasteiger charge is -2.35. The minimum absolute atomic E-state index is 0.0190. The van der Waals surface area contributed by atoms with Crippen molar-refractivity contribution in [3.05, 3.63) is 83.4 Å². The largest absolute Gasteiger partial charge is 0.490 e. The van der Waals surface area contributed by atoms with Gasteiger partial charge in [0.15, 0.2) is 0 Å². The van der Waals surface area contributed by atoms with Crippen molar-refractivity contribution in [3.8, 4) is 5.75 Å². The molecule has 0 aliphatic carbocycles. The summed E-state index contributed by atoms with van der Waals surface area (Å²) in [4.78, 5) is 28.8. The minimum Gasteiger partial charge on any atom is -0.490 e. The second-order valence-corrected chi connectivity index (χ2v) is 15.3. The zero-order valence-electron chi connectivity index (χ0n) is 29.9. The molecule has 0 saturated carbocycles. The fourth-order valence-electron chi connectivity index (χ4n) is 5.74. The summed E-state index contributed by atoms with van der Waals surface area (Å²) < 4.78 is 79.6. The lowest BCUT2D eigenvalue weighted by molar-refractivity contribution is -0.137. The second kappa shape index (κ2) is 17.6. The van der Waals surface area contributed by atoms with Gasteiger partial charge in [-0.05, 0) is 94.6 Å². The highest BCUT2D eigenvalue weighted by molar-refractivity contribution is 7.89. The number of likely N-dealkylation sites (N-methyl/N-ethyl adjacent to an activating group) is 1. The number of sulfonamides is 1. The highest BCUT2D eigenvalue weighted by atomic mass is 32.2. The fourth-order valence-corrected chi connectivity index (χ4v) is 6.92. The smallest absolute Gasteiger partial charge is 0.416 e. The Kier molecular flexibility index (Phi) is 13.7. The monoisotopic (exact) mass is 748 g/mol. The van der Waals surface area contributed by atoms with E-state index in [0.717, 1.165) is 36.2 Å². The SMILES string of the molecule is Cc1ccc(S(=O)(=O)N(C)C[C@H]2OCCCC[C@H](C)Oc3ccc(NC(=O)Nc4ccc(C(F)(F)F)cc4)cc3C(=O)N([C@H](C)CO)C[C@@H]2C)cc1. The Balaban J connectivity index is 1.60. The Labute approximate surface area is 303 Å². The summed E-state index contributed by atoms with van der Waals surface area (Å²) in [5.74, 6) is -0.628. The van der Waals surface area contributed by atoms with E-state index >= 15 is 0 Å². The Hall–Kier alpha value is -4.18. The first kappa shape index (κ1) is 40.6. The molecule has 0 aromatic heterocycles. The van der Waals surface area contributed by atoms with E-state index in [9.17, 15) is 36.3 Å². The molecule has 1 aliphatic heterocycles. The summed E-state index contributed by atoms with van der Waals surface area (Å²) in [6, 6.07) is 13.7. The number of hydrogen-bond acceptors (Lipinski definition) is 7. The van der Waals surface area contributed by atoms with Crippen molar-refractivity contribution in [3.63, 3.8) is 0 Å². The number of benzene rings is 3. The van der Waals surface area contributed by atoms with Crippen LogP contribution in [0.2, 0.25) is 0 Å². The average Bonchev–Trinajstić information content (AvgIpc) is 3.09. The first-order chi connectivity index (χ1) is 24.5. The van der Waals surface area contributed by atoms with Crippen molar-refractivity contribution in [1.82, 2.24) is 9.21 Å². The van der Waals surface area contributed by atoms with Crippen LogP contribution in [0.15, 0.2) is 71.6 Å². The van der Waals surface area contributed by atoms with E-state index in [4.69, 9.17) is 9.47 Å². The third kappa shape index (κ3) is 10.7. The summed E-state index contributed by atoms with van der Waals surface area (Å²) in [7, 11) is -2.35. The van der Waals surface area contributed by atoms with Crippen LogP contribution < -0.4 is 15.4 Å². The van der Waals surface area contributed by atoms with Gasteiger partial charge < -0.3 is 30.1 Å². The van der Waals surface area contributed by atoms with Gasteiger partial charge in [0, 0.05) is 44.0 Å². The van der Waals surface area contributed by atoms with Gasteiger partial charge in [-0.15, -0.1) is 0 Å². The summed E-state index contributed by atoms with van der Waals surface area (Å²) in [6.07, 6.45) is -3.38. The van der Waals surface area contributed by atoms with E-state index in [2.05, 4.69) is 10.6 Å². The molecule has 4 atom stereocenters. The van der Waals surface area contributed by atoms with Gasteiger partial charge in [0.2, 0.25) is 10.0 Å². The molecular weight excluding hydrogens is 701 g/mol. The highest BCUT2D eigenvalue weighted by Gasteiger charge is 2.33. The van der Waals surface area contributed by atoms with Gasteiger partial charge in [-0.25, -0.2) is 13.2 Å². The number of carbonyl (C=O) groups excluding carboxylic acids is 2. The van der Waals surface area contributed by atoms with E-state index in [1.807, 2.05) is 20.8 Å². The fraction of sp³-hybridized carbons (Fsp3) is 0.459. The number of aryl methyl sites for hydroxylation is 1. The molecule has 3 aromatic carbocycles. The third-order valence-electron chi connectivity index (χ3n) is 8.95.